The van der Waals surface area contributed by atoms with Crippen molar-refractivity contribution < 1.29 is 37.3 Å². The monoisotopic (exact) mass is 444 g/mol. The fraction of sp³-hybridized carbons (Fsp3) is 0.667. The Kier molecular flexibility index (Phi) is 6.90. The van der Waals surface area contributed by atoms with Crippen molar-refractivity contribution in [3.63, 3.8) is 0 Å². The second-order valence-corrected chi connectivity index (χ2v) is 8.54. The topological polar surface area (TPSA) is 89.0 Å². The number of hydrogen-bond donors (Lipinski definition) is 1. The lowest BCUT2D eigenvalue weighted by Gasteiger charge is -2.53. The van der Waals surface area contributed by atoms with Gasteiger partial charge in [0.2, 0.25) is 5.91 Å². The van der Waals surface area contributed by atoms with E-state index in [9.17, 15) is 18.0 Å². The summed E-state index contributed by atoms with van der Waals surface area (Å²) >= 11 is 0. The number of aryl methyl sites for hydroxylation is 1. The first-order chi connectivity index (χ1) is 14.5. The van der Waals surface area contributed by atoms with E-state index in [1.807, 2.05) is 30.0 Å². The van der Waals surface area contributed by atoms with Crippen LogP contribution in [0.3, 0.4) is 0 Å². The van der Waals surface area contributed by atoms with Crippen molar-refractivity contribution in [1.29, 1.82) is 0 Å². The molecule has 3 fully saturated rings. The number of hydrogen-bond acceptors (Lipinski definition) is 5. The van der Waals surface area contributed by atoms with E-state index in [4.69, 9.17) is 19.4 Å². The predicted molar refractivity (Wildman–Crippen MR) is 103 cm³/mol. The van der Waals surface area contributed by atoms with Crippen LogP contribution in [0, 0.1) is 18.8 Å². The van der Waals surface area contributed by atoms with Crippen molar-refractivity contribution in [2.45, 2.75) is 57.6 Å². The number of likely N-dealkylation sites (tertiary alicyclic amines) is 1. The van der Waals surface area contributed by atoms with E-state index < -0.39 is 12.1 Å². The minimum absolute atomic E-state index is 0.170. The molecular weight excluding hydrogens is 417 g/mol. The van der Waals surface area contributed by atoms with E-state index in [1.165, 1.54) is 0 Å². The van der Waals surface area contributed by atoms with E-state index in [0.717, 1.165) is 43.7 Å². The summed E-state index contributed by atoms with van der Waals surface area (Å²) < 4.78 is 43.8. The summed E-state index contributed by atoms with van der Waals surface area (Å²) in [5.41, 5.74) is 1.82. The smallest absolute Gasteiger partial charge is 0.475 e. The van der Waals surface area contributed by atoms with Gasteiger partial charge in [-0.15, -0.1) is 0 Å². The number of rotatable bonds is 4. The minimum atomic E-state index is -5.08. The molecule has 10 heteroatoms. The van der Waals surface area contributed by atoms with Crippen LogP contribution in [0.4, 0.5) is 13.2 Å². The van der Waals surface area contributed by atoms with Crippen LogP contribution < -0.4 is 0 Å². The Morgan fingerprint density at radius 1 is 1.35 bits per heavy atom. The number of halogens is 3. The Bertz CT molecular complexity index is 810. The van der Waals surface area contributed by atoms with E-state index in [1.54, 1.807) is 0 Å². The van der Waals surface area contributed by atoms with Gasteiger partial charge in [0.1, 0.15) is 5.60 Å². The second-order valence-electron chi connectivity index (χ2n) is 8.54. The fourth-order valence-corrected chi connectivity index (χ4v) is 3.93. The first-order valence-corrected chi connectivity index (χ1v) is 10.3. The Morgan fingerprint density at radius 3 is 2.55 bits per heavy atom. The number of carboxylic acids is 1. The number of alkyl halides is 3. The molecule has 2 aliphatic heterocycles. The van der Waals surface area contributed by atoms with Crippen molar-refractivity contribution in [2.75, 3.05) is 19.7 Å². The molecule has 1 N–H and O–H groups in total. The summed E-state index contributed by atoms with van der Waals surface area (Å²) in [6.07, 6.45) is -2.04. The van der Waals surface area contributed by atoms with Gasteiger partial charge in [0, 0.05) is 24.6 Å². The van der Waals surface area contributed by atoms with Gasteiger partial charge in [-0.2, -0.15) is 13.2 Å². The highest BCUT2D eigenvalue weighted by molar-refractivity contribution is 5.82. The van der Waals surface area contributed by atoms with E-state index >= 15 is 0 Å². The Morgan fingerprint density at radius 2 is 2.00 bits per heavy atom. The molecule has 172 valence electrons. The number of nitrogens with zero attached hydrogens (tertiary/aromatic N) is 2. The maximum absolute atomic E-state index is 12.3. The van der Waals surface area contributed by atoms with Gasteiger partial charge < -0.3 is 19.5 Å². The highest BCUT2D eigenvalue weighted by Gasteiger charge is 2.53. The number of pyridine rings is 1. The van der Waals surface area contributed by atoms with Gasteiger partial charge in [-0.1, -0.05) is 13.0 Å². The molecule has 1 aliphatic carbocycles. The maximum atomic E-state index is 12.3. The molecule has 1 aromatic heterocycles. The Balaban J connectivity index is 0.000000339. The quantitative estimate of drug-likeness (QED) is 0.768. The van der Waals surface area contributed by atoms with Crippen LogP contribution >= 0.6 is 0 Å². The SMILES string of the molecule is Cc1cccc(COC2CCOC3(C2)CN(C(=O)C2CC2C)C3)n1.O=C(O)C(F)(F)F. The zero-order valence-corrected chi connectivity index (χ0v) is 17.5. The summed E-state index contributed by atoms with van der Waals surface area (Å²) in [5, 5.41) is 7.12. The lowest BCUT2D eigenvalue weighted by molar-refractivity contribution is -0.203. The van der Waals surface area contributed by atoms with Gasteiger partial charge in [0.25, 0.3) is 0 Å². The molecule has 3 heterocycles. The first-order valence-electron chi connectivity index (χ1n) is 10.3. The molecule has 3 atom stereocenters. The zero-order chi connectivity index (χ0) is 22.8. The van der Waals surface area contributed by atoms with Crippen LogP contribution in [0.1, 0.15) is 37.6 Å². The third-order valence-corrected chi connectivity index (χ3v) is 5.80. The van der Waals surface area contributed by atoms with Crippen LogP contribution in [-0.4, -0.2) is 64.4 Å². The van der Waals surface area contributed by atoms with Gasteiger partial charge in [-0.3, -0.25) is 9.78 Å². The summed E-state index contributed by atoms with van der Waals surface area (Å²) in [6, 6.07) is 6.01. The Labute approximate surface area is 178 Å². The first kappa shape index (κ1) is 23.5. The molecule has 7 nitrogen and oxygen atoms in total. The standard InChI is InChI=1S/C19H26N2O3.C2HF3O2/c1-13-8-17(13)18(22)21-11-19(12-21)9-16(6-7-24-19)23-10-15-5-3-4-14(2)20-15;3-2(4,5)1(6)7/h3-5,13,16-17H,6-12H2,1-2H3;(H,6,7). The van der Waals surface area contributed by atoms with Crippen molar-refractivity contribution >= 4 is 11.9 Å². The lowest BCUT2D eigenvalue weighted by atomic mass is 9.84. The van der Waals surface area contributed by atoms with Crippen molar-refractivity contribution in [1.82, 2.24) is 9.88 Å². The molecule has 2 saturated heterocycles. The van der Waals surface area contributed by atoms with Crippen molar-refractivity contribution in [3.8, 4) is 0 Å². The number of aliphatic carboxylic acids is 1. The summed E-state index contributed by atoms with van der Waals surface area (Å²) in [7, 11) is 0. The zero-order valence-electron chi connectivity index (χ0n) is 17.5. The summed E-state index contributed by atoms with van der Waals surface area (Å²) in [4.78, 5) is 27.6. The lowest BCUT2D eigenvalue weighted by Crippen LogP contribution is -2.67. The van der Waals surface area contributed by atoms with Crippen LogP contribution in [0.15, 0.2) is 18.2 Å². The summed E-state index contributed by atoms with van der Waals surface area (Å²) in [5.74, 6) is -1.60. The molecular formula is C21H27F3N2O5. The second kappa shape index (κ2) is 9.12. The summed E-state index contributed by atoms with van der Waals surface area (Å²) in [6.45, 7) is 6.87. The molecule has 1 saturated carbocycles. The van der Waals surface area contributed by atoms with Gasteiger partial charge in [-0.25, -0.2) is 4.79 Å². The average Bonchev–Trinajstić information content (AvgIpc) is 3.40. The van der Waals surface area contributed by atoms with Gasteiger partial charge in [0.15, 0.2) is 0 Å². The molecule has 0 aromatic carbocycles. The molecule has 0 radical (unpaired) electrons. The molecule has 31 heavy (non-hydrogen) atoms. The number of carbonyl (C=O) groups excluding carboxylic acids is 1. The number of carboxylic acid groups (broad SMARTS) is 1. The molecule has 1 spiro atoms. The van der Waals surface area contributed by atoms with E-state index in [-0.39, 0.29) is 17.6 Å². The molecule has 1 aromatic rings. The van der Waals surface area contributed by atoms with E-state index in [2.05, 4.69) is 11.9 Å². The number of carbonyl (C=O) groups is 2. The average molecular weight is 444 g/mol. The molecule has 1 amide bonds. The van der Waals surface area contributed by atoms with Crippen LogP contribution in [0.25, 0.3) is 0 Å². The number of aromatic nitrogens is 1. The fourth-order valence-electron chi connectivity index (χ4n) is 3.93. The van der Waals surface area contributed by atoms with Crippen LogP contribution in [-0.2, 0) is 25.7 Å². The molecule has 0 bridgehead atoms. The minimum Gasteiger partial charge on any atom is -0.475 e. The highest BCUT2D eigenvalue weighted by Crippen LogP contribution is 2.43. The van der Waals surface area contributed by atoms with Crippen molar-refractivity contribution in [3.05, 3.63) is 29.6 Å². The van der Waals surface area contributed by atoms with Gasteiger partial charge >= 0.3 is 12.1 Å². The van der Waals surface area contributed by atoms with Crippen LogP contribution in [0.2, 0.25) is 0 Å². The molecule has 3 aliphatic rings. The predicted octanol–water partition coefficient (Wildman–Crippen LogP) is 2.96. The number of ether oxygens (including phenoxy) is 2. The van der Waals surface area contributed by atoms with Crippen molar-refractivity contribution in [2.24, 2.45) is 11.8 Å². The van der Waals surface area contributed by atoms with Gasteiger partial charge in [0.05, 0.1) is 31.5 Å². The normalized spacial score (nSPS) is 26.5. The molecule has 4 rings (SSSR count). The largest absolute Gasteiger partial charge is 0.490 e. The van der Waals surface area contributed by atoms with Gasteiger partial charge in [-0.05, 0) is 37.8 Å². The maximum Gasteiger partial charge on any atom is 0.490 e. The van der Waals surface area contributed by atoms with Crippen LogP contribution in [0.5, 0.6) is 0 Å². The van der Waals surface area contributed by atoms with E-state index in [0.29, 0.717) is 25.0 Å². The molecule has 3 unspecified atom stereocenters. The third kappa shape index (κ3) is 6.16. The Hall–Kier alpha value is -2.20. The third-order valence-electron chi connectivity index (χ3n) is 5.80. The number of amides is 1. The highest BCUT2D eigenvalue weighted by atomic mass is 19.4.